The van der Waals surface area contributed by atoms with Crippen LogP contribution in [0.5, 0.6) is 0 Å². The summed E-state index contributed by atoms with van der Waals surface area (Å²) in [6, 6.07) is 12.5. The third kappa shape index (κ3) is 1.27. The van der Waals surface area contributed by atoms with Crippen LogP contribution >= 0.6 is 0 Å². The molecule has 2 aliphatic rings. The lowest BCUT2D eigenvalue weighted by molar-refractivity contribution is 0.951. The summed E-state index contributed by atoms with van der Waals surface area (Å²) in [4.78, 5) is 4.05. The molecule has 86 valence electrons. The quantitative estimate of drug-likeness (QED) is 0.745. The lowest BCUT2D eigenvalue weighted by Crippen LogP contribution is -2.18. The summed E-state index contributed by atoms with van der Waals surface area (Å²) in [6.45, 7) is 0. The van der Waals surface area contributed by atoms with Crippen LogP contribution in [0.25, 0.3) is 0 Å². The summed E-state index contributed by atoms with van der Waals surface area (Å²) < 4.78 is 0. The molecule has 3 nitrogen and oxygen atoms in total. The number of fused-ring (bicyclic) bond motifs is 3. The van der Waals surface area contributed by atoms with E-state index in [9.17, 15) is 0 Å². The fourth-order valence-corrected chi connectivity index (χ4v) is 2.76. The van der Waals surface area contributed by atoms with Gasteiger partial charge in [0, 0.05) is 23.5 Å². The maximum Gasteiger partial charge on any atom is 0.0800 e. The highest BCUT2D eigenvalue weighted by atomic mass is 15.2. The molecule has 18 heavy (non-hydrogen) atoms. The van der Waals surface area contributed by atoms with Crippen LogP contribution in [-0.4, -0.2) is 16.4 Å². The lowest BCUT2D eigenvalue weighted by atomic mass is 9.94. The minimum absolute atomic E-state index is 0.324. The van der Waals surface area contributed by atoms with Gasteiger partial charge in [-0.2, -0.15) is 10.2 Å². The first-order chi connectivity index (χ1) is 8.93. The summed E-state index contributed by atoms with van der Waals surface area (Å²) in [5.74, 6) is 0.324. The molecule has 0 saturated carbocycles. The summed E-state index contributed by atoms with van der Waals surface area (Å²) in [5, 5.41) is 8.75. The standard InChI is InChI=1S/C15H11N3/c1-2-4-12-11(3-1)9-13-14(17-18-15(12)13)10-5-7-16-8-6-10/h1-8,13H,9H2. The predicted molar refractivity (Wildman–Crippen MR) is 70.9 cm³/mol. The van der Waals surface area contributed by atoms with E-state index >= 15 is 0 Å². The Morgan fingerprint density at radius 3 is 2.56 bits per heavy atom. The SMILES string of the molecule is c1ccc2c(c1)CC1C(c3ccncc3)=NN=C21. The Balaban J connectivity index is 1.76. The number of hydrogen-bond donors (Lipinski definition) is 0. The van der Waals surface area contributed by atoms with Gasteiger partial charge in [0.2, 0.25) is 0 Å². The highest BCUT2D eigenvalue weighted by Gasteiger charge is 2.35. The number of aromatic nitrogens is 1. The molecular formula is C15H11N3. The normalized spacial score (nSPS) is 20.1. The third-order valence-electron chi connectivity index (χ3n) is 3.62. The van der Waals surface area contributed by atoms with Crippen LogP contribution in [0.15, 0.2) is 59.0 Å². The molecule has 1 aromatic carbocycles. The van der Waals surface area contributed by atoms with Crippen molar-refractivity contribution in [3.63, 3.8) is 0 Å². The van der Waals surface area contributed by atoms with Gasteiger partial charge in [-0.15, -0.1) is 0 Å². The summed E-state index contributed by atoms with van der Waals surface area (Å²) in [5.41, 5.74) is 5.96. The highest BCUT2D eigenvalue weighted by molar-refractivity contribution is 6.24. The Hall–Kier alpha value is -2.29. The van der Waals surface area contributed by atoms with E-state index in [1.54, 1.807) is 12.4 Å². The number of nitrogens with zero attached hydrogens (tertiary/aromatic N) is 3. The van der Waals surface area contributed by atoms with Crippen molar-refractivity contribution >= 4 is 11.4 Å². The molecule has 0 saturated heterocycles. The average molecular weight is 233 g/mol. The molecular weight excluding hydrogens is 222 g/mol. The van der Waals surface area contributed by atoms with Gasteiger partial charge in [-0.1, -0.05) is 24.3 Å². The van der Waals surface area contributed by atoms with Crippen LogP contribution in [0, 0.1) is 5.92 Å². The van der Waals surface area contributed by atoms with Gasteiger partial charge in [-0.05, 0) is 24.1 Å². The molecule has 1 aromatic heterocycles. The number of pyridine rings is 1. The maximum atomic E-state index is 4.38. The maximum absolute atomic E-state index is 4.38. The van der Waals surface area contributed by atoms with Crippen LogP contribution in [0.1, 0.15) is 16.7 Å². The van der Waals surface area contributed by atoms with E-state index in [4.69, 9.17) is 0 Å². The first-order valence-electron chi connectivity index (χ1n) is 6.07. The summed E-state index contributed by atoms with van der Waals surface area (Å²) in [6.07, 6.45) is 4.62. The van der Waals surface area contributed by atoms with E-state index in [0.717, 1.165) is 23.4 Å². The molecule has 2 heterocycles. The molecule has 1 atom stereocenters. The summed E-state index contributed by atoms with van der Waals surface area (Å²) in [7, 11) is 0. The average Bonchev–Trinajstić information content (AvgIpc) is 2.98. The van der Waals surface area contributed by atoms with Crippen molar-refractivity contribution in [1.82, 2.24) is 4.98 Å². The molecule has 1 unspecified atom stereocenters. The van der Waals surface area contributed by atoms with E-state index in [1.165, 1.54) is 11.1 Å². The van der Waals surface area contributed by atoms with Crippen molar-refractivity contribution in [3.8, 4) is 0 Å². The van der Waals surface area contributed by atoms with Gasteiger partial charge >= 0.3 is 0 Å². The smallest absolute Gasteiger partial charge is 0.0800 e. The molecule has 1 aliphatic heterocycles. The zero-order chi connectivity index (χ0) is 11.9. The lowest BCUT2D eigenvalue weighted by Gasteiger charge is -2.07. The van der Waals surface area contributed by atoms with Crippen LogP contribution in [0.2, 0.25) is 0 Å². The van der Waals surface area contributed by atoms with Gasteiger partial charge in [0.15, 0.2) is 0 Å². The fourth-order valence-electron chi connectivity index (χ4n) is 2.76. The largest absolute Gasteiger partial charge is 0.265 e. The topological polar surface area (TPSA) is 37.6 Å². The first-order valence-corrected chi connectivity index (χ1v) is 6.07. The van der Waals surface area contributed by atoms with Gasteiger partial charge in [0.05, 0.1) is 17.3 Å². The highest BCUT2D eigenvalue weighted by Crippen LogP contribution is 2.33. The van der Waals surface area contributed by atoms with E-state index in [-0.39, 0.29) is 0 Å². The van der Waals surface area contributed by atoms with Crippen molar-refractivity contribution in [3.05, 3.63) is 65.5 Å². The van der Waals surface area contributed by atoms with Crippen molar-refractivity contribution in [1.29, 1.82) is 0 Å². The Kier molecular flexibility index (Phi) is 1.94. The van der Waals surface area contributed by atoms with Gasteiger partial charge in [-0.3, -0.25) is 4.98 Å². The molecule has 3 heteroatoms. The third-order valence-corrected chi connectivity index (χ3v) is 3.62. The van der Waals surface area contributed by atoms with E-state index < -0.39 is 0 Å². The molecule has 0 bridgehead atoms. The van der Waals surface area contributed by atoms with Gasteiger partial charge in [-0.25, -0.2) is 0 Å². The molecule has 0 N–H and O–H groups in total. The van der Waals surface area contributed by atoms with Gasteiger partial charge < -0.3 is 0 Å². The van der Waals surface area contributed by atoms with E-state index in [1.807, 2.05) is 12.1 Å². The second kappa shape index (κ2) is 3.60. The van der Waals surface area contributed by atoms with Crippen LogP contribution in [0.3, 0.4) is 0 Å². The monoisotopic (exact) mass is 233 g/mol. The zero-order valence-corrected chi connectivity index (χ0v) is 9.74. The van der Waals surface area contributed by atoms with Crippen molar-refractivity contribution in [2.75, 3.05) is 0 Å². The molecule has 0 spiro atoms. The number of hydrogen-bond acceptors (Lipinski definition) is 3. The Labute approximate surface area is 105 Å². The molecule has 0 radical (unpaired) electrons. The van der Waals surface area contributed by atoms with Gasteiger partial charge in [0.1, 0.15) is 0 Å². The minimum Gasteiger partial charge on any atom is -0.265 e. The first kappa shape index (κ1) is 9.71. The van der Waals surface area contributed by atoms with Crippen molar-refractivity contribution in [2.45, 2.75) is 6.42 Å². The van der Waals surface area contributed by atoms with Crippen LogP contribution < -0.4 is 0 Å². The van der Waals surface area contributed by atoms with Crippen molar-refractivity contribution < 1.29 is 0 Å². The van der Waals surface area contributed by atoms with E-state index in [2.05, 4.69) is 39.5 Å². The zero-order valence-electron chi connectivity index (χ0n) is 9.74. The van der Waals surface area contributed by atoms with E-state index in [0.29, 0.717) is 5.92 Å². The second-order valence-corrected chi connectivity index (χ2v) is 4.62. The van der Waals surface area contributed by atoms with Crippen LogP contribution in [0.4, 0.5) is 0 Å². The molecule has 4 rings (SSSR count). The fraction of sp³-hybridized carbons (Fsp3) is 0.133. The Bertz CT molecular complexity index is 671. The van der Waals surface area contributed by atoms with Crippen molar-refractivity contribution in [2.24, 2.45) is 16.1 Å². The second-order valence-electron chi connectivity index (χ2n) is 4.62. The molecule has 0 amide bonds. The number of benzene rings is 1. The van der Waals surface area contributed by atoms with Crippen LogP contribution in [-0.2, 0) is 6.42 Å². The molecule has 0 fully saturated rings. The van der Waals surface area contributed by atoms with Gasteiger partial charge in [0.25, 0.3) is 0 Å². The summed E-state index contributed by atoms with van der Waals surface area (Å²) >= 11 is 0. The minimum atomic E-state index is 0.324. The Morgan fingerprint density at radius 1 is 0.889 bits per heavy atom. The number of rotatable bonds is 1. The molecule has 1 aliphatic carbocycles. The Morgan fingerprint density at radius 2 is 1.67 bits per heavy atom. The molecule has 2 aromatic rings. The predicted octanol–water partition coefficient (Wildman–Crippen LogP) is 2.46.